The molecular formula is C18H19ClN4O3. The zero-order chi connectivity index (χ0) is 18.8. The summed E-state index contributed by atoms with van der Waals surface area (Å²) in [7, 11) is 0. The predicted octanol–water partition coefficient (Wildman–Crippen LogP) is 2.92. The van der Waals surface area contributed by atoms with Crippen LogP contribution in [0.1, 0.15) is 36.5 Å². The summed E-state index contributed by atoms with van der Waals surface area (Å²) in [6.45, 7) is 5.47. The van der Waals surface area contributed by atoms with E-state index in [4.69, 9.17) is 16.1 Å². The first kappa shape index (κ1) is 18.1. The zero-order valence-electron chi connectivity index (χ0n) is 14.7. The highest BCUT2D eigenvalue weighted by Crippen LogP contribution is 2.18. The molecule has 2 aromatic heterocycles. The van der Waals surface area contributed by atoms with Crippen LogP contribution >= 0.6 is 11.6 Å². The molecule has 0 saturated carbocycles. The van der Waals surface area contributed by atoms with E-state index >= 15 is 0 Å². The molecule has 0 aliphatic heterocycles. The van der Waals surface area contributed by atoms with Gasteiger partial charge in [0.15, 0.2) is 0 Å². The van der Waals surface area contributed by atoms with Gasteiger partial charge in [-0.05, 0) is 31.9 Å². The van der Waals surface area contributed by atoms with Gasteiger partial charge in [0.1, 0.15) is 17.3 Å². The van der Waals surface area contributed by atoms with Crippen molar-refractivity contribution in [3.8, 4) is 0 Å². The number of nitrogens with one attached hydrogen (secondary N) is 1. The molecule has 0 saturated heterocycles. The van der Waals surface area contributed by atoms with E-state index in [1.165, 1.54) is 4.57 Å². The van der Waals surface area contributed by atoms with Gasteiger partial charge in [0, 0.05) is 11.6 Å². The Hall–Kier alpha value is -2.67. The third kappa shape index (κ3) is 3.22. The number of hydrogen-bond donors (Lipinski definition) is 1. The lowest BCUT2D eigenvalue weighted by atomic mass is 10.1. The number of aryl methyl sites for hydroxylation is 2. The maximum absolute atomic E-state index is 12.9. The molecule has 0 fully saturated rings. The summed E-state index contributed by atoms with van der Waals surface area (Å²) in [6, 6.07) is 6.60. The smallest absolute Gasteiger partial charge is 0.267 e. The molecular weight excluding hydrogens is 356 g/mol. The predicted molar refractivity (Wildman–Crippen MR) is 98.2 cm³/mol. The van der Waals surface area contributed by atoms with E-state index in [0.717, 1.165) is 5.56 Å². The number of hydrogen-bond acceptors (Lipinski definition) is 5. The molecule has 7 nitrogen and oxygen atoms in total. The molecule has 3 aromatic rings. The van der Waals surface area contributed by atoms with Crippen LogP contribution in [0.15, 0.2) is 33.6 Å². The van der Waals surface area contributed by atoms with Crippen LogP contribution in [0.2, 0.25) is 5.02 Å². The zero-order valence-corrected chi connectivity index (χ0v) is 15.5. The topological polar surface area (TPSA) is 90.0 Å². The van der Waals surface area contributed by atoms with E-state index in [2.05, 4.69) is 15.5 Å². The molecule has 0 aliphatic carbocycles. The van der Waals surface area contributed by atoms with Crippen molar-refractivity contribution in [1.29, 1.82) is 0 Å². The molecule has 3 rings (SSSR count). The first-order valence-corrected chi connectivity index (χ1v) is 8.68. The number of carbonyl (C=O) groups excluding carboxylic acids is 1. The molecule has 1 amide bonds. The van der Waals surface area contributed by atoms with Crippen molar-refractivity contribution >= 4 is 28.6 Å². The van der Waals surface area contributed by atoms with Gasteiger partial charge in [-0.25, -0.2) is 0 Å². The van der Waals surface area contributed by atoms with E-state index in [9.17, 15) is 9.59 Å². The lowest BCUT2D eigenvalue weighted by Gasteiger charge is -2.19. The van der Waals surface area contributed by atoms with Crippen molar-refractivity contribution in [3.05, 3.63) is 56.7 Å². The normalized spacial score (nSPS) is 12.3. The molecule has 1 aromatic carbocycles. The molecule has 2 heterocycles. The van der Waals surface area contributed by atoms with Gasteiger partial charge in [-0.1, -0.05) is 41.9 Å². The van der Waals surface area contributed by atoms with Crippen LogP contribution in [0.4, 0.5) is 0 Å². The van der Waals surface area contributed by atoms with Crippen molar-refractivity contribution in [2.75, 3.05) is 0 Å². The Balaban J connectivity index is 1.92. The number of aromatic nitrogens is 3. The molecule has 1 atom stereocenters. The second-order valence-corrected chi connectivity index (χ2v) is 6.42. The van der Waals surface area contributed by atoms with Gasteiger partial charge in [0.25, 0.3) is 11.3 Å². The van der Waals surface area contributed by atoms with Gasteiger partial charge >= 0.3 is 0 Å². The van der Waals surface area contributed by atoms with Gasteiger partial charge in [0.2, 0.25) is 5.91 Å². The van der Waals surface area contributed by atoms with Crippen molar-refractivity contribution < 1.29 is 9.32 Å². The Labute approximate surface area is 155 Å². The van der Waals surface area contributed by atoms with E-state index in [1.807, 2.05) is 25.1 Å². The number of carbonyl (C=O) groups is 1. The molecule has 1 N–H and O–H groups in total. The van der Waals surface area contributed by atoms with Crippen LogP contribution in [-0.4, -0.2) is 20.6 Å². The van der Waals surface area contributed by atoms with Crippen LogP contribution in [-0.2, 0) is 11.3 Å². The molecule has 8 heteroatoms. The van der Waals surface area contributed by atoms with Crippen LogP contribution in [0.5, 0.6) is 0 Å². The Morgan fingerprint density at radius 1 is 1.35 bits per heavy atom. The Morgan fingerprint density at radius 2 is 2.08 bits per heavy atom. The van der Waals surface area contributed by atoms with Crippen LogP contribution < -0.4 is 10.9 Å². The fourth-order valence-electron chi connectivity index (χ4n) is 2.94. The van der Waals surface area contributed by atoms with E-state index in [0.29, 0.717) is 28.3 Å². The highest BCUT2D eigenvalue weighted by Gasteiger charge is 2.25. The maximum atomic E-state index is 12.9. The second kappa shape index (κ2) is 7.29. The average Bonchev–Trinajstić information content (AvgIpc) is 2.98. The monoisotopic (exact) mass is 374 g/mol. The number of halogens is 1. The highest BCUT2D eigenvalue weighted by atomic mass is 35.5. The number of rotatable bonds is 5. The SMILES string of the molecule is CC[C@H](C(=O)NCc1ccccc1Cl)n1c(C)nc2onc(C)c2c1=O. The van der Waals surface area contributed by atoms with Gasteiger partial charge in [-0.3, -0.25) is 14.2 Å². The quantitative estimate of drug-likeness (QED) is 0.741. The largest absolute Gasteiger partial charge is 0.350 e. The van der Waals surface area contributed by atoms with Crippen LogP contribution in [0.25, 0.3) is 11.1 Å². The van der Waals surface area contributed by atoms with Crippen LogP contribution in [0, 0.1) is 13.8 Å². The van der Waals surface area contributed by atoms with Crippen molar-refractivity contribution in [2.45, 2.75) is 39.8 Å². The number of benzene rings is 1. The number of fused-ring (bicyclic) bond motifs is 1. The van der Waals surface area contributed by atoms with Crippen LogP contribution in [0.3, 0.4) is 0 Å². The first-order valence-electron chi connectivity index (χ1n) is 8.30. The minimum absolute atomic E-state index is 0.188. The van der Waals surface area contributed by atoms with E-state index < -0.39 is 6.04 Å². The molecule has 0 aliphatic rings. The summed E-state index contributed by atoms with van der Waals surface area (Å²) >= 11 is 6.13. The Kier molecular flexibility index (Phi) is 5.08. The minimum Gasteiger partial charge on any atom is -0.350 e. The molecule has 0 unspecified atom stereocenters. The van der Waals surface area contributed by atoms with Crippen molar-refractivity contribution in [2.24, 2.45) is 0 Å². The summed E-state index contributed by atoms with van der Waals surface area (Å²) < 4.78 is 6.47. The second-order valence-electron chi connectivity index (χ2n) is 6.02. The average molecular weight is 375 g/mol. The lowest BCUT2D eigenvalue weighted by molar-refractivity contribution is -0.124. The number of amides is 1. The van der Waals surface area contributed by atoms with Crippen molar-refractivity contribution in [1.82, 2.24) is 20.0 Å². The minimum atomic E-state index is -0.684. The fourth-order valence-corrected chi connectivity index (χ4v) is 3.15. The summed E-state index contributed by atoms with van der Waals surface area (Å²) in [5, 5.41) is 7.52. The number of nitrogens with zero attached hydrogens (tertiary/aromatic N) is 3. The molecule has 0 spiro atoms. The summed E-state index contributed by atoms with van der Waals surface area (Å²) in [4.78, 5) is 29.9. The molecule has 26 heavy (non-hydrogen) atoms. The highest BCUT2D eigenvalue weighted by molar-refractivity contribution is 6.31. The van der Waals surface area contributed by atoms with Gasteiger partial charge < -0.3 is 9.84 Å². The first-order chi connectivity index (χ1) is 12.4. The summed E-state index contributed by atoms with van der Waals surface area (Å²) in [6.07, 6.45) is 0.437. The summed E-state index contributed by atoms with van der Waals surface area (Å²) in [5.74, 6) is 0.131. The molecule has 136 valence electrons. The Morgan fingerprint density at radius 3 is 2.77 bits per heavy atom. The lowest BCUT2D eigenvalue weighted by Crippen LogP contribution is -2.38. The van der Waals surface area contributed by atoms with Crippen molar-refractivity contribution in [3.63, 3.8) is 0 Å². The fraction of sp³-hybridized carbons (Fsp3) is 0.333. The van der Waals surface area contributed by atoms with Gasteiger partial charge in [-0.15, -0.1) is 0 Å². The maximum Gasteiger partial charge on any atom is 0.267 e. The Bertz CT molecular complexity index is 1020. The molecule has 0 radical (unpaired) electrons. The van der Waals surface area contributed by atoms with Gasteiger partial charge in [0.05, 0.1) is 5.69 Å². The summed E-state index contributed by atoms with van der Waals surface area (Å²) in [5.41, 5.74) is 1.13. The third-order valence-corrected chi connectivity index (χ3v) is 4.67. The molecule has 0 bridgehead atoms. The van der Waals surface area contributed by atoms with E-state index in [1.54, 1.807) is 19.9 Å². The standard InChI is InChI=1S/C18H19ClN4O3/c1-4-14(16(24)20-9-12-7-5-6-8-13(12)19)23-11(3)21-17-15(18(23)25)10(2)22-26-17/h5-8,14H,4,9H2,1-3H3,(H,20,24)/t14-/m1/s1. The van der Waals surface area contributed by atoms with E-state index in [-0.39, 0.29) is 23.7 Å². The third-order valence-electron chi connectivity index (χ3n) is 4.30. The van der Waals surface area contributed by atoms with Gasteiger partial charge in [-0.2, -0.15) is 4.98 Å².